The summed E-state index contributed by atoms with van der Waals surface area (Å²) in [5, 5.41) is 5.89. The number of benzene rings is 1. The number of carbonyl (C=O) groups is 3. The Bertz CT molecular complexity index is 695. The van der Waals surface area contributed by atoms with Crippen LogP contribution in [0.2, 0.25) is 0 Å². The number of nitrogens with zero attached hydrogens (tertiary/aromatic N) is 1. The summed E-state index contributed by atoms with van der Waals surface area (Å²) in [4.78, 5) is 38.2. The van der Waals surface area contributed by atoms with Crippen molar-refractivity contribution in [2.45, 2.75) is 46.1 Å². The standard InChI is InChI=1S/C21H29N3O3/c1-14(2)21(27)24-11-3-4-17(13-24)19(25)22-12-15-5-9-18(10-6-15)23-20(26)16-7-8-16/h5-6,9-10,14,16-17H,3-4,7-8,11-13H2,1-2H3,(H,22,25)(H,23,26). The Morgan fingerprint density at radius 1 is 1.04 bits per heavy atom. The summed E-state index contributed by atoms with van der Waals surface area (Å²) in [7, 11) is 0. The second-order valence-corrected chi connectivity index (χ2v) is 7.96. The lowest BCUT2D eigenvalue weighted by Gasteiger charge is -2.33. The van der Waals surface area contributed by atoms with Gasteiger partial charge in [-0.3, -0.25) is 14.4 Å². The molecule has 1 aromatic rings. The fourth-order valence-electron chi connectivity index (χ4n) is 3.39. The van der Waals surface area contributed by atoms with E-state index in [9.17, 15) is 14.4 Å². The molecular formula is C21H29N3O3. The third-order valence-electron chi connectivity index (χ3n) is 5.23. The minimum absolute atomic E-state index is 0.00219. The van der Waals surface area contributed by atoms with Gasteiger partial charge in [0.15, 0.2) is 0 Å². The quantitative estimate of drug-likeness (QED) is 0.807. The zero-order chi connectivity index (χ0) is 19.4. The number of amides is 3. The fourth-order valence-corrected chi connectivity index (χ4v) is 3.39. The molecule has 1 aliphatic carbocycles. The third-order valence-corrected chi connectivity index (χ3v) is 5.23. The van der Waals surface area contributed by atoms with Crippen LogP contribution in [0.3, 0.4) is 0 Å². The van der Waals surface area contributed by atoms with Crippen molar-refractivity contribution in [3.05, 3.63) is 29.8 Å². The van der Waals surface area contributed by atoms with E-state index >= 15 is 0 Å². The van der Waals surface area contributed by atoms with Gasteiger partial charge in [0.2, 0.25) is 17.7 Å². The van der Waals surface area contributed by atoms with E-state index in [0.29, 0.717) is 13.1 Å². The van der Waals surface area contributed by atoms with Crippen LogP contribution in [0.25, 0.3) is 0 Å². The maximum absolute atomic E-state index is 12.5. The molecule has 1 atom stereocenters. The molecule has 0 bridgehead atoms. The molecule has 1 saturated carbocycles. The van der Waals surface area contributed by atoms with Crippen molar-refractivity contribution in [2.75, 3.05) is 18.4 Å². The van der Waals surface area contributed by atoms with Crippen LogP contribution in [0.4, 0.5) is 5.69 Å². The molecule has 6 nitrogen and oxygen atoms in total. The Balaban J connectivity index is 1.46. The first kappa shape index (κ1) is 19.4. The van der Waals surface area contributed by atoms with Crippen LogP contribution >= 0.6 is 0 Å². The molecule has 2 fully saturated rings. The number of likely N-dealkylation sites (tertiary alicyclic amines) is 1. The average Bonchev–Trinajstić information content (AvgIpc) is 3.52. The van der Waals surface area contributed by atoms with Gasteiger partial charge in [-0.2, -0.15) is 0 Å². The first-order valence-corrected chi connectivity index (χ1v) is 9.90. The molecule has 1 heterocycles. The second-order valence-electron chi connectivity index (χ2n) is 7.96. The van der Waals surface area contributed by atoms with E-state index in [1.54, 1.807) is 0 Å². The largest absolute Gasteiger partial charge is 0.352 e. The Hall–Kier alpha value is -2.37. The highest BCUT2D eigenvalue weighted by Gasteiger charge is 2.30. The number of hydrogen-bond acceptors (Lipinski definition) is 3. The van der Waals surface area contributed by atoms with E-state index in [2.05, 4.69) is 10.6 Å². The predicted octanol–water partition coefficient (Wildman–Crippen LogP) is 2.55. The first-order chi connectivity index (χ1) is 12.9. The molecule has 1 aromatic carbocycles. The van der Waals surface area contributed by atoms with Crippen LogP contribution in [0.1, 0.15) is 45.1 Å². The number of nitrogens with one attached hydrogen (secondary N) is 2. The van der Waals surface area contributed by atoms with E-state index in [1.807, 2.05) is 43.0 Å². The summed E-state index contributed by atoms with van der Waals surface area (Å²) in [6, 6.07) is 7.56. The van der Waals surface area contributed by atoms with Crippen molar-refractivity contribution < 1.29 is 14.4 Å². The molecule has 0 aromatic heterocycles. The van der Waals surface area contributed by atoms with Gasteiger partial charge in [-0.25, -0.2) is 0 Å². The van der Waals surface area contributed by atoms with Gasteiger partial charge in [-0.15, -0.1) is 0 Å². The van der Waals surface area contributed by atoms with Crippen LogP contribution in [0.5, 0.6) is 0 Å². The SMILES string of the molecule is CC(C)C(=O)N1CCCC(C(=O)NCc2ccc(NC(=O)C3CC3)cc2)C1. The van der Waals surface area contributed by atoms with Crippen molar-refractivity contribution in [3.8, 4) is 0 Å². The molecule has 27 heavy (non-hydrogen) atoms. The minimum Gasteiger partial charge on any atom is -0.352 e. The molecule has 1 aliphatic heterocycles. The summed E-state index contributed by atoms with van der Waals surface area (Å²) in [5.41, 5.74) is 1.77. The Kier molecular flexibility index (Phi) is 6.14. The zero-order valence-electron chi connectivity index (χ0n) is 16.2. The van der Waals surface area contributed by atoms with Crippen LogP contribution in [0, 0.1) is 17.8 Å². The lowest BCUT2D eigenvalue weighted by Crippen LogP contribution is -2.46. The van der Waals surface area contributed by atoms with Crippen LogP contribution in [-0.2, 0) is 20.9 Å². The van der Waals surface area contributed by atoms with Gasteiger partial charge in [-0.1, -0.05) is 26.0 Å². The van der Waals surface area contributed by atoms with Crippen molar-refractivity contribution in [1.29, 1.82) is 0 Å². The highest BCUT2D eigenvalue weighted by atomic mass is 16.2. The highest BCUT2D eigenvalue weighted by molar-refractivity contribution is 5.94. The minimum atomic E-state index is -0.140. The van der Waals surface area contributed by atoms with Gasteiger partial charge in [-0.05, 0) is 43.4 Å². The van der Waals surface area contributed by atoms with Gasteiger partial charge < -0.3 is 15.5 Å². The van der Waals surface area contributed by atoms with Crippen molar-refractivity contribution >= 4 is 23.4 Å². The number of rotatable bonds is 6. The fraction of sp³-hybridized carbons (Fsp3) is 0.571. The highest BCUT2D eigenvalue weighted by Crippen LogP contribution is 2.30. The van der Waals surface area contributed by atoms with Crippen LogP contribution < -0.4 is 10.6 Å². The molecule has 3 rings (SSSR count). The first-order valence-electron chi connectivity index (χ1n) is 9.90. The molecule has 3 amide bonds. The van der Waals surface area contributed by atoms with Gasteiger partial charge >= 0.3 is 0 Å². The Morgan fingerprint density at radius 2 is 1.74 bits per heavy atom. The van der Waals surface area contributed by atoms with Crippen LogP contribution in [0.15, 0.2) is 24.3 Å². The Labute approximate surface area is 160 Å². The molecule has 0 spiro atoms. The summed E-state index contributed by atoms with van der Waals surface area (Å²) in [5.74, 6) is 0.221. The number of carbonyl (C=O) groups excluding carboxylic acids is 3. The normalized spacial score (nSPS) is 19.7. The number of piperidine rings is 1. The number of hydrogen-bond donors (Lipinski definition) is 2. The summed E-state index contributed by atoms with van der Waals surface area (Å²) < 4.78 is 0. The van der Waals surface area contributed by atoms with Crippen molar-refractivity contribution in [1.82, 2.24) is 10.2 Å². The zero-order valence-corrected chi connectivity index (χ0v) is 16.2. The molecule has 0 radical (unpaired) electrons. The molecule has 146 valence electrons. The molecule has 2 aliphatic rings. The average molecular weight is 371 g/mol. The summed E-state index contributed by atoms with van der Waals surface area (Å²) >= 11 is 0. The predicted molar refractivity (Wildman–Crippen MR) is 104 cm³/mol. The van der Waals surface area contributed by atoms with E-state index in [0.717, 1.165) is 43.5 Å². The van der Waals surface area contributed by atoms with Gasteiger partial charge in [0.05, 0.1) is 5.92 Å². The van der Waals surface area contributed by atoms with E-state index in [4.69, 9.17) is 0 Å². The Morgan fingerprint density at radius 3 is 2.37 bits per heavy atom. The maximum atomic E-state index is 12.5. The monoisotopic (exact) mass is 371 g/mol. The van der Waals surface area contributed by atoms with Gasteiger partial charge in [0.1, 0.15) is 0 Å². The van der Waals surface area contributed by atoms with E-state index in [1.165, 1.54) is 0 Å². The summed E-state index contributed by atoms with van der Waals surface area (Å²) in [6.07, 6.45) is 3.65. The smallest absolute Gasteiger partial charge is 0.227 e. The maximum Gasteiger partial charge on any atom is 0.227 e. The van der Waals surface area contributed by atoms with Crippen molar-refractivity contribution in [2.24, 2.45) is 17.8 Å². The lowest BCUT2D eigenvalue weighted by atomic mass is 9.96. The molecule has 2 N–H and O–H groups in total. The molecule has 1 unspecified atom stereocenters. The van der Waals surface area contributed by atoms with Crippen LogP contribution in [-0.4, -0.2) is 35.7 Å². The second kappa shape index (κ2) is 8.55. The third kappa shape index (κ3) is 5.31. The molecule has 1 saturated heterocycles. The van der Waals surface area contributed by atoms with Gasteiger partial charge in [0.25, 0.3) is 0 Å². The van der Waals surface area contributed by atoms with E-state index < -0.39 is 0 Å². The summed E-state index contributed by atoms with van der Waals surface area (Å²) in [6.45, 7) is 5.49. The van der Waals surface area contributed by atoms with Gasteiger partial charge in [0, 0.05) is 37.2 Å². The number of anilines is 1. The lowest BCUT2D eigenvalue weighted by molar-refractivity contribution is -0.138. The van der Waals surface area contributed by atoms with E-state index in [-0.39, 0.29) is 35.5 Å². The topological polar surface area (TPSA) is 78.5 Å². The molecular weight excluding hydrogens is 342 g/mol. The molecule has 6 heteroatoms. The van der Waals surface area contributed by atoms with Crippen molar-refractivity contribution in [3.63, 3.8) is 0 Å².